The van der Waals surface area contributed by atoms with Crippen LogP contribution < -0.4 is 44.6 Å². The maximum atomic E-state index is 14.2. The molecule has 28 nitrogen and oxygen atoms in total. The molecule has 0 spiro atoms. The first kappa shape index (κ1) is 74.5. The SMILES string of the molecule is CC1=C2[N-][C@H]([C@H](CC(N)=O)[C@@]2(C)CCC(=O)NCCCOP(=O)([O-])O[C@@H]2[C@@H](O)[C@H](n3cnc4cc(C)c(C)cc43)O[C@@H]2CO)[C@]2(C)N=C(C(C)=C3N=C(C=C4N=C1[C@@H](CCC(N)=O)C4(C)C)[C@@H](CCC(N)=O)[C@]3(C)CC(N)=O)[C@@H](CCC(N)=O)[C@]2(C)CC(N)=O.O.[Co+2]. The molecule has 2 saturated heterocycles. The monoisotopic (exact) mass is 1350 g/mol. The minimum atomic E-state index is -5.17. The second-order valence-corrected chi connectivity index (χ2v) is 28.2. The van der Waals surface area contributed by atoms with Crippen molar-refractivity contribution in [2.45, 2.75) is 182 Å². The van der Waals surface area contributed by atoms with E-state index in [9.17, 15) is 53.2 Å². The van der Waals surface area contributed by atoms with Gasteiger partial charge in [-0.2, -0.15) is 5.70 Å². The summed E-state index contributed by atoms with van der Waals surface area (Å²) in [6, 6.07) is 2.70. The molecule has 2 aromatic rings. The fourth-order valence-corrected chi connectivity index (χ4v) is 16.3. The molecule has 0 aliphatic carbocycles. The number of aliphatic hydroxyl groups is 2. The normalized spacial score (nSPS) is 31.0. The summed E-state index contributed by atoms with van der Waals surface area (Å²) < 4.78 is 31.3. The number of carbonyl (C=O) groups excluding carboxylic acids is 7. The Balaban J connectivity index is 0.00000672. The number of ether oxygens (including phenoxy) is 1. The number of phosphoric acid groups is 1. The molecule has 8 bridgehead atoms. The van der Waals surface area contributed by atoms with E-state index in [0.29, 0.717) is 56.4 Å². The number of aliphatic hydroxyl groups excluding tert-OH is 2. The van der Waals surface area contributed by atoms with Crippen molar-refractivity contribution in [3.05, 3.63) is 69.2 Å². The quantitative estimate of drug-likeness (QED) is 0.0458. The Labute approximate surface area is 545 Å². The zero-order valence-corrected chi connectivity index (χ0v) is 55.8. The van der Waals surface area contributed by atoms with Crippen LogP contribution in [0.2, 0.25) is 0 Å². The van der Waals surface area contributed by atoms with Crippen molar-refractivity contribution in [1.29, 1.82) is 0 Å². The summed E-state index contributed by atoms with van der Waals surface area (Å²) in [7, 11) is -5.17. The number of carbonyl (C=O) groups is 7. The van der Waals surface area contributed by atoms with Gasteiger partial charge in [0.15, 0.2) is 6.23 Å². The predicted molar refractivity (Wildman–Crippen MR) is 335 cm³/mol. The smallest absolute Gasteiger partial charge is 0.756 e. The molecule has 8 rings (SSSR count). The Morgan fingerprint density at radius 2 is 1.38 bits per heavy atom. The third kappa shape index (κ3) is 14.3. The predicted octanol–water partition coefficient (Wildman–Crippen LogP) is 2.49. The van der Waals surface area contributed by atoms with Gasteiger partial charge in [0.25, 0.3) is 7.82 Å². The van der Waals surface area contributed by atoms with Crippen LogP contribution in [0.3, 0.4) is 0 Å². The number of benzene rings is 1. The minimum absolute atomic E-state index is 0. The van der Waals surface area contributed by atoms with Crippen LogP contribution in [0.5, 0.6) is 0 Å². The van der Waals surface area contributed by atoms with Crippen molar-refractivity contribution >= 4 is 77.3 Å². The summed E-state index contributed by atoms with van der Waals surface area (Å²) in [6.45, 7) is 17.6. The van der Waals surface area contributed by atoms with E-state index in [-0.39, 0.29) is 106 Å². The van der Waals surface area contributed by atoms with Gasteiger partial charge in [0.2, 0.25) is 41.4 Å². The first-order valence-electron chi connectivity index (χ1n) is 30.6. The number of imidazole rings is 1. The second kappa shape index (κ2) is 28.2. The summed E-state index contributed by atoms with van der Waals surface area (Å²) in [5.74, 6) is -7.17. The van der Waals surface area contributed by atoms with Gasteiger partial charge in [-0.15, -0.1) is 0 Å². The van der Waals surface area contributed by atoms with E-state index in [0.717, 1.165) is 11.1 Å². The van der Waals surface area contributed by atoms with E-state index in [1.807, 2.05) is 80.5 Å². The molecule has 17 N–H and O–H groups in total. The molecule has 7 heterocycles. The third-order valence-corrected chi connectivity index (χ3v) is 21.5. The number of hydrogen-bond donors (Lipinski definition) is 9. The van der Waals surface area contributed by atoms with Crippen LogP contribution >= 0.6 is 7.82 Å². The number of allylic oxidation sites excluding steroid dienone is 6. The number of nitrogens with one attached hydrogen (secondary N) is 1. The van der Waals surface area contributed by atoms with Gasteiger partial charge in [0.1, 0.15) is 18.3 Å². The first-order valence-corrected chi connectivity index (χ1v) is 32.0. The number of hydrogen-bond acceptors (Lipinski definition) is 18. The standard InChI is InChI=1S/C62H90N13O14P.Co.H2O/c1-30-22-39-40(23-31(30)2)75(29-70-39)57-52(84)53(41(28-76)88-57)89-90(85,86)87-21-11-20-69-49(83)18-19-59(7)37(24-46(66)80)56-62(10)61(9,27-48(68)82)36(14-17-45(65)79)51(74-62)33(4)55-60(8,26-47(67)81)34(12-15-43(63)77)38(71-55)25-42-58(5,6)35(13-16-44(64)78)50(72-42)32(3)54(59)73-56;;/h22-23,25,29,34-37,41,52-53,56-57,76,84H,11-21,24,26-28H2,1-10H3,(H15,63,64,65,66,67,68,69,71,72,73,74,77,78,79,80,81,82,83,85,86);;1H2/q;+2;/p-2/t34-,35-,36-,37+,41-,52-,53+,56-,57-,59-,60+,61+,62+;;/m1../s1. The van der Waals surface area contributed by atoms with Gasteiger partial charge >= 0.3 is 16.8 Å². The molecule has 1 radical (unpaired) electrons. The van der Waals surface area contributed by atoms with Gasteiger partial charge in [0, 0.05) is 108 Å². The molecule has 6 aliphatic rings. The molecular formula is C62H90CoN13O15P. The van der Waals surface area contributed by atoms with E-state index in [1.54, 1.807) is 11.5 Å². The topological polar surface area (TPSA) is 496 Å². The van der Waals surface area contributed by atoms with Gasteiger partial charge in [-0.05, 0) is 119 Å². The van der Waals surface area contributed by atoms with Gasteiger partial charge in [0.05, 0.1) is 41.8 Å². The summed E-state index contributed by atoms with van der Waals surface area (Å²) in [5.41, 5.74) is 36.9. The molecule has 1 unspecified atom stereocenters. The van der Waals surface area contributed by atoms with Crippen molar-refractivity contribution in [2.75, 3.05) is 19.8 Å². The molecular weight excluding hydrogens is 1260 g/mol. The Morgan fingerprint density at radius 1 is 0.783 bits per heavy atom. The Bertz CT molecular complexity index is 3530. The zero-order chi connectivity index (χ0) is 66.5. The first-order chi connectivity index (χ1) is 41.9. The fourth-order valence-electron chi connectivity index (χ4n) is 15.3. The molecule has 2 fully saturated rings. The number of fused-ring (bicyclic) bond motifs is 7. The van der Waals surface area contributed by atoms with Gasteiger partial charge in [-0.1, -0.05) is 40.7 Å². The Hall–Kier alpha value is -6.53. The molecule has 7 amide bonds. The number of nitrogens with two attached hydrogens (primary N) is 6. The molecule has 1 aromatic heterocycles. The van der Waals surface area contributed by atoms with Gasteiger partial charge in [-0.3, -0.25) is 53.1 Å². The summed E-state index contributed by atoms with van der Waals surface area (Å²) in [4.78, 5) is 127. The average Bonchev–Trinajstić information content (AvgIpc) is 1.53. The van der Waals surface area contributed by atoms with Gasteiger partial charge < -0.3 is 84.0 Å². The van der Waals surface area contributed by atoms with Crippen molar-refractivity contribution in [3.63, 3.8) is 0 Å². The molecule has 0 saturated carbocycles. The van der Waals surface area contributed by atoms with Crippen LogP contribution in [0.4, 0.5) is 0 Å². The van der Waals surface area contributed by atoms with Crippen molar-refractivity contribution in [3.8, 4) is 0 Å². The Morgan fingerprint density at radius 3 is 1.97 bits per heavy atom. The number of phosphoric ester groups is 1. The number of aromatic nitrogens is 2. The molecule has 507 valence electrons. The molecule has 14 atom stereocenters. The van der Waals surface area contributed by atoms with E-state index < -0.39 is 144 Å². The van der Waals surface area contributed by atoms with Crippen LogP contribution in [0.15, 0.2) is 67.8 Å². The maximum absolute atomic E-state index is 14.2. The Kier molecular flexibility index (Phi) is 22.8. The van der Waals surface area contributed by atoms with Crippen LogP contribution in [-0.2, 0) is 68.7 Å². The zero-order valence-electron chi connectivity index (χ0n) is 53.8. The largest absolute Gasteiger partial charge is 2.00 e. The van der Waals surface area contributed by atoms with Crippen LogP contribution in [0.25, 0.3) is 16.4 Å². The number of primary amides is 6. The number of amides is 7. The van der Waals surface area contributed by atoms with E-state index in [4.69, 9.17) is 68.5 Å². The number of aryl methyl sites for hydroxylation is 2. The van der Waals surface area contributed by atoms with E-state index >= 15 is 0 Å². The van der Waals surface area contributed by atoms with Crippen LogP contribution in [-0.4, -0.2) is 133 Å². The van der Waals surface area contributed by atoms with Crippen LogP contribution in [0, 0.1) is 59.2 Å². The van der Waals surface area contributed by atoms with E-state index in [2.05, 4.69) is 10.3 Å². The number of aliphatic imine (C=N–C) groups is 3. The summed E-state index contributed by atoms with van der Waals surface area (Å²) >= 11 is 0. The molecule has 30 heteroatoms. The third-order valence-electron chi connectivity index (χ3n) is 20.5. The van der Waals surface area contributed by atoms with Crippen molar-refractivity contribution in [2.24, 2.45) is 94.7 Å². The molecule has 92 heavy (non-hydrogen) atoms. The average molecular weight is 1350 g/mol. The van der Waals surface area contributed by atoms with E-state index in [1.165, 1.54) is 6.33 Å². The molecule has 6 aliphatic heterocycles. The minimum Gasteiger partial charge on any atom is -0.756 e. The van der Waals surface area contributed by atoms with Crippen LogP contribution in [0.1, 0.15) is 150 Å². The summed E-state index contributed by atoms with van der Waals surface area (Å²) in [5, 5.41) is 30.0. The van der Waals surface area contributed by atoms with Crippen molar-refractivity contribution in [1.82, 2.24) is 14.9 Å². The summed E-state index contributed by atoms with van der Waals surface area (Å²) in [6.07, 6.45) is -3.15. The number of rotatable bonds is 27. The number of nitrogens with zero attached hydrogens (tertiary/aromatic N) is 6. The van der Waals surface area contributed by atoms with Gasteiger partial charge in [-0.25, -0.2) is 4.98 Å². The molecule has 1 aromatic carbocycles. The fraction of sp³-hybridized carbons (Fsp3) is 0.629. The second-order valence-electron chi connectivity index (χ2n) is 26.8. The van der Waals surface area contributed by atoms with Crippen molar-refractivity contribution < 1.29 is 89.3 Å². The maximum Gasteiger partial charge on any atom is 2.00 e.